The lowest BCUT2D eigenvalue weighted by Crippen LogP contribution is -2.08. The van der Waals surface area contributed by atoms with Crippen molar-refractivity contribution in [3.63, 3.8) is 0 Å². The number of hydrogen-bond acceptors (Lipinski definition) is 3. The van der Waals surface area contributed by atoms with Crippen LogP contribution in [0.15, 0.2) is 97.1 Å². The van der Waals surface area contributed by atoms with Gasteiger partial charge in [0, 0.05) is 23.1 Å². The van der Waals surface area contributed by atoms with Crippen molar-refractivity contribution in [3.8, 4) is 28.6 Å². The standard InChI is InChI=1S/C30H21N3O/c1-19-24-18-25-23-15-9-8-10-20(23)16-17-26(25)34-30(24)31-29-27(19)28(21-11-4-2-5-12-21)32-33(29)22-13-6-3-7-14-22/h2-17H,18H2,1H3. The minimum absolute atomic E-state index is 0.671. The maximum absolute atomic E-state index is 6.43. The van der Waals surface area contributed by atoms with Crippen molar-refractivity contribution in [3.05, 3.63) is 114 Å². The molecule has 0 atom stereocenters. The Hall–Kier alpha value is -4.44. The van der Waals surface area contributed by atoms with Crippen LogP contribution in [0.3, 0.4) is 0 Å². The van der Waals surface area contributed by atoms with Crippen molar-refractivity contribution in [2.75, 3.05) is 0 Å². The fourth-order valence-corrected chi connectivity index (χ4v) is 5.05. The molecule has 3 heterocycles. The Kier molecular flexibility index (Phi) is 4.09. The van der Waals surface area contributed by atoms with Crippen molar-refractivity contribution < 1.29 is 4.74 Å². The van der Waals surface area contributed by atoms with Crippen molar-refractivity contribution >= 4 is 21.8 Å². The zero-order chi connectivity index (χ0) is 22.6. The number of aromatic nitrogens is 3. The second-order valence-corrected chi connectivity index (χ2v) is 8.72. The highest BCUT2D eigenvalue weighted by atomic mass is 16.5. The number of nitrogens with zero attached hydrogens (tertiary/aromatic N) is 3. The average molecular weight is 440 g/mol. The minimum atomic E-state index is 0.671. The van der Waals surface area contributed by atoms with Crippen LogP contribution in [-0.4, -0.2) is 14.8 Å². The zero-order valence-electron chi connectivity index (χ0n) is 18.7. The van der Waals surface area contributed by atoms with Crippen LogP contribution in [-0.2, 0) is 6.42 Å². The van der Waals surface area contributed by atoms with E-state index in [2.05, 4.69) is 79.7 Å². The maximum Gasteiger partial charge on any atom is 0.225 e. The van der Waals surface area contributed by atoms with Crippen molar-refractivity contribution in [2.45, 2.75) is 13.3 Å². The van der Waals surface area contributed by atoms with Gasteiger partial charge in [-0.25, -0.2) is 4.68 Å². The largest absolute Gasteiger partial charge is 0.438 e. The predicted octanol–water partition coefficient (Wildman–Crippen LogP) is 7.25. The Balaban J connectivity index is 1.51. The lowest BCUT2D eigenvalue weighted by atomic mass is 9.92. The molecule has 4 nitrogen and oxygen atoms in total. The molecule has 0 radical (unpaired) electrons. The number of benzene rings is 4. The molecular weight excluding hydrogens is 418 g/mol. The molecule has 34 heavy (non-hydrogen) atoms. The number of hydrogen-bond donors (Lipinski definition) is 0. The highest BCUT2D eigenvalue weighted by molar-refractivity contribution is 5.97. The van der Waals surface area contributed by atoms with Gasteiger partial charge in [0.15, 0.2) is 5.65 Å². The monoisotopic (exact) mass is 439 g/mol. The highest BCUT2D eigenvalue weighted by Gasteiger charge is 2.27. The number of pyridine rings is 1. The summed E-state index contributed by atoms with van der Waals surface area (Å²) in [5.74, 6) is 1.55. The van der Waals surface area contributed by atoms with E-state index in [4.69, 9.17) is 14.8 Å². The molecule has 0 bridgehead atoms. The van der Waals surface area contributed by atoms with Crippen LogP contribution in [0.5, 0.6) is 11.6 Å². The topological polar surface area (TPSA) is 39.9 Å². The van der Waals surface area contributed by atoms with Gasteiger partial charge in [0.1, 0.15) is 11.4 Å². The molecule has 2 aromatic heterocycles. The lowest BCUT2D eigenvalue weighted by Gasteiger charge is -2.23. The highest BCUT2D eigenvalue weighted by Crippen LogP contribution is 2.43. The van der Waals surface area contributed by atoms with E-state index in [-0.39, 0.29) is 0 Å². The minimum Gasteiger partial charge on any atom is -0.438 e. The number of para-hydroxylation sites is 1. The molecule has 0 N–H and O–H groups in total. The third-order valence-electron chi connectivity index (χ3n) is 6.76. The van der Waals surface area contributed by atoms with Gasteiger partial charge in [0.2, 0.25) is 5.88 Å². The predicted molar refractivity (Wildman–Crippen MR) is 136 cm³/mol. The molecule has 4 aromatic carbocycles. The summed E-state index contributed by atoms with van der Waals surface area (Å²) in [5, 5.41) is 8.58. The molecule has 0 saturated carbocycles. The van der Waals surface area contributed by atoms with Gasteiger partial charge in [-0.05, 0) is 41.5 Å². The van der Waals surface area contributed by atoms with E-state index in [0.29, 0.717) is 5.88 Å². The summed E-state index contributed by atoms with van der Waals surface area (Å²) in [6, 6.07) is 33.2. The Morgan fingerprint density at radius 1 is 0.765 bits per heavy atom. The first-order valence-corrected chi connectivity index (χ1v) is 11.5. The van der Waals surface area contributed by atoms with E-state index >= 15 is 0 Å². The van der Waals surface area contributed by atoms with E-state index in [1.54, 1.807) is 0 Å². The van der Waals surface area contributed by atoms with Crippen molar-refractivity contribution in [1.82, 2.24) is 14.8 Å². The molecule has 0 saturated heterocycles. The summed E-state index contributed by atoms with van der Waals surface area (Å²) >= 11 is 0. The van der Waals surface area contributed by atoms with Gasteiger partial charge in [-0.2, -0.15) is 10.1 Å². The Bertz CT molecular complexity index is 1700. The van der Waals surface area contributed by atoms with Crippen LogP contribution < -0.4 is 4.74 Å². The number of aryl methyl sites for hydroxylation is 1. The maximum atomic E-state index is 6.43. The van der Waals surface area contributed by atoms with E-state index in [1.165, 1.54) is 21.9 Å². The number of rotatable bonds is 2. The van der Waals surface area contributed by atoms with Gasteiger partial charge >= 0.3 is 0 Å². The summed E-state index contributed by atoms with van der Waals surface area (Å²) in [7, 11) is 0. The molecule has 0 amide bonds. The normalized spacial score (nSPS) is 12.4. The third-order valence-corrected chi connectivity index (χ3v) is 6.76. The van der Waals surface area contributed by atoms with Gasteiger partial charge in [-0.1, -0.05) is 78.9 Å². The molecule has 7 rings (SSSR count). The quantitative estimate of drug-likeness (QED) is 0.285. The Labute approximate surface area is 197 Å². The summed E-state index contributed by atoms with van der Waals surface area (Å²) in [4.78, 5) is 5.06. The van der Waals surface area contributed by atoms with Crippen LogP contribution in [0, 0.1) is 6.92 Å². The molecule has 0 spiro atoms. The van der Waals surface area contributed by atoms with Gasteiger partial charge in [-0.15, -0.1) is 0 Å². The van der Waals surface area contributed by atoms with Gasteiger partial charge in [0.05, 0.1) is 11.1 Å². The summed E-state index contributed by atoms with van der Waals surface area (Å²) in [6.45, 7) is 2.17. The van der Waals surface area contributed by atoms with E-state index in [1.807, 2.05) is 28.9 Å². The second-order valence-electron chi connectivity index (χ2n) is 8.72. The molecule has 0 unspecified atom stereocenters. The smallest absolute Gasteiger partial charge is 0.225 e. The molecule has 0 fully saturated rings. The fourth-order valence-electron chi connectivity index (χ4n) is 5.05. The first kappa shape index (κ1) is 19.1. The van der Waals surface area contributed by atoms with E-state index in [0.717, 1.165) is 45.7 Å². The fraction of sp³-hybridized carbons (Fsp3) is 0.0667. The van der Waals surface area contributed by atoms with Crippen molar-refractivity contribution in [1.29, 1.82) is 0 Å². The van der Waals surface area contributed by atoms with Crippen LogP contribution in [0.1, 0.15) is 16.7 Å². The molecule has 4 heteroatoms. The van der Waals surface area contributed by atoms with Crippen LogP contribution in [0.2, 0.25) is 0 Å². The summed E-state index contributed by atoms with van der Waals surface area (Å²) < 4.78 is 8.36. The summed E-state index contributed by atoms with van der Waals surface area (Å²) in [6.07, 6.45) is 0.783. The first-order valence-electron chi connectivity index (χ1n) is 11.5. The third kappa shape index (κ3) is 2.78. The summed E-state index contributed by atoms with van der Waals surface area (Å²) in [5.41, 5.74) is 7.31. The molecule has 0 aliphatic carbocycles. The SMILES string of the molecule is Cc1c2c(nc3c1c(-c1ccccc1)nn3-c1ccccc1)Oc1ccc3ccccc3c1C2. The van der Waals surface area contributed by atoms with E-state index in [9.17, 15) is 0 Å². The molecule has 6 aromatic rings. The van der Waals surface area contributed by atoms with Crippen LogP contribution in [0.4, 0.5) is 0 Å². The van der Waals surface area contributed by atoms with Crippen LogP contribution >= 0.6 is 0 Å². The Morgan fingerprint density at radius 2 is 1.50 bits per heavy atom. The van der Waals surface area contributed by atoms with Gasteiger partial charge < -0.3 is 4.74 Å². The van der Waals surface area contributed by atoms with Crippen molar-refractivity contribution in [2.24, 2.45) is 0 Å². The average Bonchev–Trinajstić information content (AvgIpc) is 3.28. The number of fused-ring (bicyclic) bond motifs is 5. The Morgan fingerprint density at radius 3 is 2.32 bits per heavy atom. The molecule has 162 valence electrons. The van der Waals surface area contributed by atoms with E-state index < -0.39 is 0 Å². The molecule has 1 aliphatic heterocycles. The molecular formula is C30H21N3O. The lowest BCUT2D eigenvalue weighted by molar-refractivity contribution is 0.443. The molecule has 1 aliphatic rings. The second kappa shape index (κ2) is 7.29. The van der Waals surface area contributed by atoms with Gasteiger partial charge in [0.25, 0.3) is 0 Å². The number of ether oxygens (including phenoxy) is 1. The van der Waals surface area contributed by atoms with Gasteiger partial charge in [-0.3, -0.25) is 0 Å². The first-order chi connectivity index (χ1) is 16.8. The zero-order valence-corrected chi connectivity index (χ0v) is 18.7. The van der Waals surface area contributed by atoms with Crippen LogP contribution in [0.25, 0.3) is 38.8 Å².